The van der Waals surface area contributed by atoms with Gasteiger partial charge in [0.1, 0.15) is 5.56 Å². The number of anilines is 3. The van der Waals surface area contributed by atoms with Gasteiger partial charge < -0.3 is 15.0 Å². The van der Waals surface area contributed by atoms with Crippen molar-refractivity contribution < 1.29 is 19.2 Å². The molecular weight excluding hydrogens is 350 g/mol. The Morgan fingerprint density at radius 2 is 1.93 bits per heavy atom. The highest BCUT2D eigenvalue weighted by Gasteiger charge is 2.24. The largest absolute Gasteiger partial charge is 0.465 e. The molecule has 0 unspecified atom stereocenters. The zero-order valence-electron chi connectivity index (χ0n) is 15.0. The fraction of sp³-hybridized carbons (Fsp3) is 0.263. The number of ether oxygens (including phenoxy) is 1. The summed E-state index contributed by atoms with van der Waals surface area (Å²) in [4.78, 5) is 36.1. The molecule has 1 amide bonds. The average Bonchev–Trinajstić information content (AvgIpc) is 2.67. The summed E-state index contributed by atoms with van der Waals surface area (Å²) < 4.78 is 4.63. The first-order chi connectivity index (χ1) is 12.9. The van der Waals surface area contributed by atoms with Gasteiger partial charge in [-0.25, -0.2) is 4.79 Å². The summed E-state index contributed by atoms with van der Waals surface area (Å²) in [5.41, 5.74) is 2.82. The van der Waals surface area contributed by atoms with E-state index in [9.17, 15) is 19.7 Å². The lowest BCUT2D eigenvalue weighted by Gasteiger charge is -2.28. The van der Waals surface area contributed by atoms with Crippen molar-refractivity contribution in [2.45, 2.75) is 19.8 Å². The third kappa shape index (κ3) is 3.59. The zero-order valence-corrected chi connectivity index (χ0v) is 15.0. The Kier molecular flexibility index (Phi) is 5.07. The van der Waals surface area contributed by atoms with Crippen molar-refractivity contribution in [1.29, 1.82) is 0 Å². The van der Waals surface area contributed by atoms with Gasteiger partial charge in [-0.2, -0.15) is 0 Å². The molecule has 2 aromatic rings. The standard InChI is InChI=1S/C19H19N3O5/c1-3-21-16-7-5-13(10-12(16)4-9-18(21)23)20-14-6-8-17(22(25)26)15(11-14)19(24)27-2/h5-8,10-11,20H,3-4,9H2,1-2H3. The molecule has 0 saturated carbocycles. The summed E-state index contributed by atoms with van der Waals surface area (Å²) in [5.74, 6) is -0.656. The van der Waals surface area contributed by atoms with E-state index >= 15 is 0 Å². The van der Waals surface area contributed by atoms with Crippen molar-refractivity contribution in [1.82, 2.24) is 0 Å². The fourth-order valence-electron chi connectivity index (χ4n) is 3.20. The Bertz CT molecular complexity index is 926. The van der Waals surface area contributed by atoms with Gasteiger partial charge in [-0.1, -0.05) is 0 Å². The second-order valence-electron chi connectivity index (χ2n) is 6.09. The summed E-state index contributed by atoms with van der Waals surface area (Å²) in [6.45, 7) is 2.55. The van der Waals surface area contributed by atoms with E-state index < -0.39 is 10.9 Å². The number of nitro groups is 1. The SMILES string of the molecule is CCN1C(=O)CCc2cc(Nc3ccc([N+](=O)[O-])c(C(=O)OC)c3)ccc21. The number of fused-ring (bicyclic) bond motifs is 1. The average molecular weight is 369 g/mol. The van der Waals surface area contributed by atoms with E-state index in [-0.39, 0.29) is 17.2 Å². The van der Waals surface area contributed by atoms with E-state index in [0.717, 1.165) is 16.9 Å². The Morgan fingerprint density at radius 1 is 1.22 bits per heavy atom. The van der Waals surface area contributed by atoms with Gasteiger partial charge in [0.2, 0.25) is 5.91 Å². The van der Waals surface area contributed by atoms with Gasteiger partial charge in [0.15, 0.2) is 0 Å². The van der Waals surface area contributed by atoms with E-state index in [1.165, 1.54) is 25.3 Å². The van der Waals surface area contributed by atoms with Crippen LogP contribution in [0.25, 0.3) is 0 Å². The lowest BCUT2D eigenvalue weighted by molar-refractivity contribution is -0.385. The molecule has 8 nitrogen and oxygen atoms in total. The predicted molar refractivity (Wildman–Crippen MR) is 101 cm³/mol. The Labute approximate surface area is 155 Å². The van der Waals surface area contributed by atoms with E-state index in [1.54, 1.807) is 4.90 Å². The maximum absolute atomic E-state index is 12.0. The summed E-state index contributed by atoms with van der Waals surface area (Å²) in [7, 11) is 1.18. The third-order valence-corrected chi connectivity index (χ3v) is 4.48. The molecule has 0 fully saturated rings. The molecule has 8 heteroatoms. The molecule has 0 aliphatic carbocycles. The normalized spacial score (nSPS) is 13.1. The summed E-state index contributed by atoms with van der Waals surface area (Å²) >= 11 is 0. The van der Waals surface area contributed by atoms with Gasteiger partial charge >= 0.3 is 5.97 Å². The Morgan fingerprint density at radius 3 is 2.59 bits per heavy atom. The van der Waals surface area contributed by atoms with Crippen molar-refractivity contribution in [2.75, 3.05) is 23.9 Å². The summed E-state index contributed by atoms with van der Waals surface area (Å²) in [5, 5.41) is 14.3. The highest BCUT2D eigenvalue weighted by Crippen LogP contribution is 2.32. The van der Waals surface area contributed by atoms with E-state index in [1.807, 2.05) is 25.1 Å². The summed E-state index contributed by atoms with van der Waals surface area (Å²) in [6, 6.07) is 9.86. The molecule has 0 aromatic heterocycles. The Hall–Kier alpha value is -3.42. The van der Waals surface area contributed by atoms with E-state index in [4.69, 9.17) is 0 Å². The molecule has 0 spiro atoms. The van der Waals surface area contributed by atoms with Gasteiger partial charge in [-0.3, -0.25) is 14.9 Å². The first-order valence-electron chi connectivity index (χ1n) is 8.51. The minimum absolute atomic E-state index is 0.115. The van der Waals surface area contributed by atoms with Crippen LogP contribution in [-0.4, -0.2) is 30.5 Å². The van der Waals surface area contributed by atoms with Crippen LogP contribution in [0.15, 0.2) is 36.4 Å². The first kappa shape index (κ1) is 18.4. The van der Waals surface area contributed by atoms with Gasteiger partial charge in [-0.05, 0) is 49.2 Å². The van der Waals surface area contributed by atoms with Crippen molar-refractivity contribution in [2.24, 2.45) is 0 Å². The van der Waals surface area contributed by atoms with E-state index in [0.29, 0.717) is 25.1 Å². The van der Waals surface area contributed by atoms with Crippen molar-refractivity contribution >= 4 is 34.6 Å². The van der Waals surface area contributed by atoms with Gasteiger partial charge in [-0.15, -0.1) is 0 Å². The van der Waals surface area contributed by atoms with Crippen LogP contribution >= 0.6 is 0 Å². The molecule has 1 aliphatic heterocycles. The number of carbonyl (C=O) groups is 2. The number of nitro benzene ring substituents is 1. The number of benzene rings is 2. The van der Waals surface area contributed by atoms with Gasteiger partial charge in [0.05, 0.1) is 12.0 Å². The number of esters is 1. The molecule has 0 saturated heterocycles. The van der Waals surface area contributed by atoms with Crippen LogP contribution in [0.1, 0.15) is 29.3 Å². The van der Waals surface area contributed by atoms with Crippen molar-refractivity contribution in [3.05, 3.63) is 57.6 Å². The van der Waals surface area contributed by atoms with Crippen molar-refractivity contribution in [3.63, 3.8) is 0 Å². The second-order valence-corrected chi connectivity index (χ2v) is 6.09. The first-order valence-corrected chi connectivity index (χ1v) is 8.51. The van der Waals surface area contributed by atoms with Crippen LogP contribution in [0.5, 0.6) is 0 Å². The molecule has 0 bridgehead atoms. The maximum atomic E-state index is 12.0. The van der Waals surface area contributed by atoms with Crippen LogP contribution in [-0.2, 0) is 16.0 Å². The molecular formula is C19H19N3O5. The van der Waals surface area contributed by atoms with Crippen molar-refractivity contribution in [3.8, 4) is 0 Å². The topological polar surface area (TPSA) is 102 Å². The Balaban J connectivity index is 1.91. The quantitative estimate of drug-likeness (QED) is 0.492. The van der Waals surface area contributed by atoms with Crippen LogP contribution in [0.3, 0.4) is 0 Å². The highest BCUT2D eigenvalue weighted by atomic mass is 16.6. The predicted octanol–water partition coefficient (Wildman–Crippen LogP) is 3.42. The molecule has 1 heterocycles. The highest BCUT2D eigenvalue weighted by molar-refractivity contribution is 5.97. The number of rotatable bonds is 5. The minimum atomic E-state index is -0.770. The number of aryl methyl sites for hydroxylation is 1. The number of methoxy groups -OCH3 is 1. The molecule has 27 heavy (non-hydrogen) atoms. The number of amides is 1. The second kappa shape index (κ2) is 7.45. The lowest BCUT2D eigenvalue weighted by Crippen LogP contribution is -2.34. The molecule has 3 rings (SSSR count). The molecule has 1 aliphatic rings. The minimum Gasteiger partial charge on any atom is -0.465 e. The van der Waals surface area contributed by atoms with Crippen LogP contribution in [0, 0.1) is 10.1 Å². The van der Waals surface area contributed by atoms with Crippen LogP contribution in [0.2, 0.25) is 0 Å². The number of hydrogen-bond acceptors (Lipinski definition) is 6. The number of nitrogens with zero attached hydrogens (tertiary/aromatic N) is 2. The third-order valence-electron chi connectivity index (χ3n) is 4.48. The van der Waals surface area contributed by atoms with Gasteiger partial charge in [0, 0.05) is 36.1 Å². The lowest BCUT2D eigenvalue weighted by atomic mass is 10.0. The maximum Gasteiger partial charge on any atom is 0.344 e. The zero-order chi connectivity index (χ0) is 19.6. The number of nitrogens with one attached hydrogen (secondary N) is 1. The smallest absolute Gasteiger partial charge is 0.344 e. The summed E-state index contributed by atoms with van der Waals surface area (Å²) in [6.07, 6.45) is 1.13. The molecule has 0 radical (unpaired) electrons. The van der Waals surface area contributed by atoms with Crippen LogP contribution < -0.4 is 10.2 Å². The monoisotopic (exact) mass is 369 g/mol. The van der Waals surface area contributed by atoms with Crippen LogP contribution in [0.4, 0.5) is 22.7 Å². The number of carbonyl (C=O) groups excluding carboxylic acids is 2. The molecule has 1 N–H and O–H groups in total. The van der Waals surface area contributed by atoms with E-state index in [2.05, 4.69) is 10.1 Å². The fourth-order valence-corrected chi connectivity index (χ4v) is 3.20. The molecule has 0 atom stereocenters. The number of hydrogen-bond donors (Lipinski definition) is 1. The molecule has 2 aromatic carbocycles. The van der Waals surface area contributed by atoms with Gasteiger partial charge in [0.25, 0.3) is 5.69 Å². The molecule has 140 valence electrons.